The van der Waals surface area contributed by atoms with E-state index in [4.69, 9.17) is 9.82 Å². The van der Waals surface area contributed by atoms with Crippen molar-refractivity contribution in [3.63, 3.8) is 0 Å². The molecule has 6 rings (SSSR count). The number of benzene rings is 2. The number of pyridine rings is 2. The Morgan fingerprint density at radius 2 is 1.72 bits per heavy atom. The largest absolute Gasteiger partial charge is 0.353 e. The molecule has 0 atom stereocenters. The van der Waals surface area contributed by atoms with Crippen molar-refractivity contribution >= 4 is 50.1 Å². The van der Waals surface area contributed by atoms with Gasteiger partial charge in [-0.2, -0.15) is 0 Å². The van der Waals surface area contributed by atoms with Gasteiger partial charge in [0, 0.05) is 59.8 Å². The van der Waals surface area contributed by atoms with Crippen molar-refractivity contribution in [2.24, 2.45) is 5.16 Å². The van der Waals surface area contributed by atoms with E-state index in [1.165, 1.54) is 0 Å². The van der Waals surface area contributed by atoms with Crippen LogP contribution in [0.4, 0.5) is 11.6 Å². The number of hydrogen-bond acceptors (Lipinski definition) is 7. The van der Waals surface area contributed by atoms with Gasteiger partial charge in [0.15, 0.2) is 0 Å². The average Bonchev–Trinajstić information content (AvgIpc) is 3.31. The molecule has 0 unspecified atom stereocenters. The predicted molar refractivity (Wildman–Crippen MR) is 159 cm³/mol. The van der Waals surface area contributed by atoms with E-state index in [1.807, 2.05) is 42.6 Å². The van der Waals surface area contributed by atoms with Crippen LogP contribution in [0.15, 0.2) is 76.5 Å². The summed E-state index contributed by atoms with van der Waals surface area (Å²) in [5.74, 6) is 1.56. The lowest BCUT2D eigenvalue weighted by atomic mass is 10.0. The zero-order valence-electron chi connectivity index (χ0n) is 21.9. The first-order valence-electron chi connectivity index (χ1n) is 13.6. The van der Waals surface area contributed by atoms with Crippen molar-refractivity contribution in [2.75, 3.05) is 36.0 Å². The number of carbonyl (C=O) groups is 1. The van der Waals surface area contributed by atoms with Gasteiger partial charge in [-0.05, 0) is 42.3 Å². The van der Waals surface area contributed by atoms with Crippen molar-refractivity contribution in [1.82, 2.24) is 9.97 Å². The molecule has 1 aliphatic heterocycles. The van der Waals surface area contributed by atoms with Crippen LogP contribution in [0.5, 0.6) is 0 Å². The molecule has 7 nitrogen and oxygen atoms in total. The highest BCUT2D eigenvalue weighted by molar-refractivity contribution is 9.10. The molecule has 0 saturated carbocycles. The number of carbonyl (C=O) groups excluding carboxylic acids is 1. The Morgan fingerprint density at radius 3 is 2.49 bits per heavy atom. The number of oxime groups is 1. The minimum atomic E-state index is -0.302. The molecule has 0 N–H and O–H groups in total. The molecule has 1 saturated heterocycles. The number of hydrogen-bond donors (Lipinski definition) is 0. The van der Waals surface area contributed by atoms with Crippen molar-refractivity contribution < 1.29 is 9.63 Å². The van der Waals surface area contributed by atoms with Crippen LogP contribution >= 0.6 is 15.9 Å². The molecule has 0 bridgehead atoms. The molecule has 1 fully saturated rings. The average molecular weight is 585 g/mol. The summed E-state index contributed by atoms with van der Waals surface area (Å²) in [7, 11) is 0. The first-order valence-corrected chi connectivity index (χ1v) is 14.4. The Balaban J connectivity index is 1.42. The number of fused-ring (bicyclic) bond motifs is 5. The van der Waals surface area contributed by atoms with Crippen molar-refractivity contribution in [3.05, 3.63) is 82.5 Å². The van der Waals surface area contributed by atoms with E-state index < -0.39 is 0 Å². The molecule has 3 heterocycles. The van der Waals surface area contributed by atoms with Gasteiger partial charge in [-0.25, -0.2) is 14.8 Å². The van der Waals surface area contributed by atoms with E-state index in [9.17, 15) is 4.79 Å². The summed E-state index contributed by atoms with van der Waals surface area (Å²) >= 11 is 3.65. The summed E-state index contributed by atoms with van der Waals surface area (Å²) in [6.45, 7) is 5.36. The van der Waals surface area contributed by atoms with Crippen LogP contribution in [0, 0.1) is 0 Å². The van der Waals surface area contributed by atoms with Crippen LogP contribution in [0.2, 0.25) is 0 Å². The number of nitrogens with zero attached hydrogens (tertiary/aromatic N) is 5. The van der Waals surface area contributed by atoms with E-state index in [-0.39, 0.29) is 5.97 Å². The Kier molecular flexibility index (Phi) is 7.28. The second kappa shape index (κ2) is 11.1. The van der Waals surface area contributed by atoms with Gasteiger partial charge in [0.25, 0.3) is 0 Å². The fourth-order valence-electron chi connectivity index (χ4n) is 5.44. The van der Waals surface area contributed by atoms with Crippen LogP contribution in [-0.2, 0) is 9.63 Å². The topological polar surface area (TPSA) is 70.9 Å². The van der Waals surface area contributed by atoms with Gasteiger partial charge in [-0.1, -0.05) is 71.2 Å². The summed E-state index contributed by atoms with van der Waals surface area (Å²) in [4.78, 5) is 32.4. The third-order valence-corrected chi connectivity index (χ3v) is 7.89. The van der Waals surface area contributed by atoms with Crippen LogP contribution < -0.4 is 9.80 Å². The summed E-state index contributed by atoms with van der Waals surface area (Å²) < 4.78 is 0.987. The van der Waals surface area contributed by atoms with Gasteiger partial charge in [0.2, 0.25) is 0 Å². The van der Waals surface area contributed by atoms with E-state index in [0.717, 1.165) is 94.7 Å². The molecule has 8 heteroatoms. The van der Waals surface area contributed by atoms with Gasteiger partial charge in [0.1, 0.15) is 17.3 Å². The predicted octanol–water partition coefficient (Wildman–Crippen LogP) is 6.58. The van der Waals surface area contributed by atoms with Crippen LogP contribution in [0.1, 0.15) is 43.7 Å². The second-order valence-corrected chi connectivity index (χ2v) is 10.8. The Hall–Kier alpha value is -3.78. The maximum absolute atomic E-state index is 12.5. The smallest absolute Gasteiger partial charge is 0.335 e. The summed E-state index contributed by atoms with van der Waals surface area (Å²) in [5, 5.41) is 5.54. The van der Waals surface area contributed by atoms with E-state index in [2.05, 4.69) is 67.1 Å². The Labute approximate surface area is 236 Å². The highest BCUT2D eigenvalue weighted by Gasteiger charge is 2.34. The molecule has 4 aromatic rings. The maximum Gasteiger partial charge on any atom is 0.335 e. The number of aromatic nitrogens is 2. The molecular formula is C31H30BrN5O2. The quantitative estimate of drug-likeness (QED) is 0.122. The number of rotatable bonds is 7. The molecular weight excluding hydrogens is 554 g/mol. The zero-order valence-corrected chi connectivity index (χ0v) is 23.5. The molecule has 1 aliphatic carbocycles. The van der Waals surface area contributed by atoms with Crippen LogP contribution in [0.3, 0.4) is 0 Å². The lowest BCUT2D eigenvalue weighted by Crippen LogP contribution is -2.47. The lowest BCUT2D eigenvalue weighted by Gasteiger charge is -2.37. The van der Waals surface area contributed by atoms with Crippen molar-refractivity contribution in [1.29, 1.82) is 0 Å². The van der Waals surface area contributed by atoms with Gasteiger partial charge in [-0.15, -0.1) is 0 Å². The maximum atomic E-state index is 12.5. The van der Waals surface area contributed by atoms with E-state index >= 15 is 0 Å². The monoisotopic (exact) mass is 583 g/mol. The number of unbranched alkanes of at least 4 members (excludes halogenated alkanes) is 2. The second-order valence-electron chi connectivity index (χ2n) is 9.91. The molecule has 198 valence electrons. The fraction of sp³-hybridized carbons (Fsp3) is 0.290. The highest BCUT2D eigenvalue weighted by Crippen LogP contribution is 2.45. The van der Waals surface area contributed by atoms with E-state index in [1.54, 1.807) is 0 Å². The van der Waals surface area contributed by atoms with Gasteiger partial charge in [-0.3, -0.25) is 0 Å². The summed E-state index contributed by atoms with van der Waals surface area (Å²) in [5.41, 5.74) is 5.63. The lowest BCUT2D eigenvalue weighted by molar-refractivity contribution is -0.143. The Morgan fingerprint density at radius 1 is 0.949 bits per heavy atom. The molecule has 0 spiro atoms. The molecule has 2 aromatic heterocycles. The SMILES string of the molecule is CCCCCC(=O)O/N=C1\c2ccccc2-c2c1c(N1CCN(c3ccccn3)CC1)nc1ccc(Br)cc21. The summed E-state index contributed by atoms with van der Waals surface area (Å²) in [6.07, 6.45) is 5.05. The fourth-order valence-corrected chi connectivity index (χ4v) is 5.80. The van der Waals surface area contributed by atoms with Crippen LogP contribution in [-0.4, -0.2) is 47.8 Å². The first kappa shape index (κ1) is 25.5. The standard InChI is InChI=1S/C31H30BrN5O2/c1-2-3-4-12-27(38)39-35-30-23-10-6-5-9-22(23)28-24-20-21(32)13-14-25(24)34-31(29(28)30)37-18-16-36(17-19-37)26-11-7-8-15-33-26/h5-11,13-15,20H,2-4,12,16-19H2,1H3/b35-30+. The highest BCUT2D eigenvalue weighted by atomic mass is 79.9. The van der Waals surface area contributed by atoms with Gasteiger partial charge >= 0.3 is 5.97 Å². The minimum absolute atomic E-state index is 0.302. The summed E-state index contributed by atoms with van der Waals surface area (Å²) in [6, 6.07) is 20.4. The van der Waals surface area contributed by atoms with E-state index in [0.29, 0.717) is 12.1 Å². The number of piperazine rings is 1. The Bertz CT molecular complexity index is 1550. The number of halogens is 1. The number of anilines is 2. The van der Waals surface area contributed by atoms with Crippen molar-refractivity contribution in [3.8, 4) is 11.1 Å². The first-order chi connectivity index (χ1) is 19.1. The molecule has 0 amide bonds. The minimum Gasteiger partial charge on any atom is -0.353 e. The van der Waals surface area contributed by atoms with Crippen molar-refractivity contribution in [2.45, 2.75) is 32.6 Å². The van der Waals surface area contributed by atoms with Crippen LogP contribution in [0.25, 0.3) is 22.0 Å². The third-order valence-electron chi connectivity index (χ3n) is 7.39. The molecule has 39 heavy (non-hydrogen) atoms. The molecule has 0 radical (unpaired) electrons. The normalized spacial score (nSPS) is 15.5. The third kappa shape index (κ3) is 5.01. The van der Waals surface area contributed by atoms with Gasteiger partial charge < -0.3 is 14.6 Å². The van der Waals surface area contributed by atoms with Gasteiger partial charge in [0.05, 0.1) is 11.1 Å². The molecule has 2 aromatic carbocycles. The zero-order chi connectivity index (χ0) is 26.8. The molecule has 2 aliphatic rings.